The second-order valence-electron chi connectivity index (χ2n) is 4.37. The molecule has 0 heterocycles. The highest BCUT2D eigenvalue weighted by Crippen LogP contribution is 2.12. The minimum Gasteiger partial charge on any atom is -0.276 e. The van der Waals surface area contributed by atoms with Crippen LogP contribution in [0.25, 0.3) is 0 Å². The molecule has 0 atom stereocenters. The number of carbonyl (C=O) groups is 1. The molecule has 0 aliphatic carbocycles. The zero-order valence-corrected chi connectivity index (χ0v) is 11.2. The first kappa shape index (κ1) is 14.7. The Morgan fingerprint density at radius 3 is 2.39 bits per heavy atom. The number of nitrogens with zero attached hydrogens (tertiary/aromatic N) is 1. The molecule has 0 fully saturated rings. The average Bonchev–Trinajstić information content (AvgIpc) is 2.43. The summed E-state index contributed by atoms with van der Waals surface area (Å²) in [5, 5.41) is 1.30. The summed E-state index contributed by atoms with van der Waals surface area (Å²) in [6, 6.07) is 9.41. The number of benzene rings is 1. The fourth-order valence-electron chi connectivity index (χ4n) is 1.79. The molecule has 1 aromatic rings. The smallest absolute Gasteiger partial charge is 0.238 e. The van der Waals surface area contributed by atoms with Crippen LogP contribution in [0.1, 0.15) is 45.4 Å². The minimum atomic E-state index is 0.597. The van der Waals surface area contributed by atoms with Crippen LogP contribution < -0.4 is 5.06 Å². The molecular formula is C15H23NO2. The monoisotopic (exact) mass is 249 g/mol. The van der Waals surface area contributed by atoms with Crippen molar-refractivity contribution in [1.82, 2.24) is 0 Å². The summed E-state index contributed by atoms with van der Waals surface area (Å²) in [6.45, 7) is 2.81. The topological polar surface area (TPSA) is 29.5 Å². The van der Waals surface area contributed by atoms with Crippen molar-refractivity contribution >= 4 is 12.1 Å². The number of carbonyl (C=O) groups excluding carboxylic acids is 1. The summed E-state index contributed by atoms with van der Waals surface area (Å²) in [4.78, 5) is 16.4. The summed E-state index contributed by atoms with van der Waals surface area (Å²) in [6.07, 6.45) is 8.01. The molecule has 1 rings (SSSR count). The lowest BCUT2D eigenvalue weighted by Crippen LogP contribution is -2.21. The van der Waals surface area contributed by atoms with Gasteiger partial charge >= 0.3 is 0 Å². The number of para-hydroxylation sites is 1. The van der Waals surface area contributed by atoms with E-state index >= 15 is 0 Å². The molecule has 0 aliphatic heterocycles. The molecule has 0 spiro atoms. The van der Waals surface area contributed by atoms with E-state index in [1.165, 1.54) is 37.2 Å². The van der Waals surface area contributed by atoms with E-state index < -0.39 is 0 Å². The van der Waals surface area contributed by atoms with Gasteiger partial charge in [0.05, 0.1) is 12.3 Å². The Bertz CT molecular complexity index is 314. The number of anilines is 1. The second-order valence-corrected chi connectivity index (χ2v) is 4.37. The van der Waals surface area contributed by atoms with Gasteiger partial charge in [0.2, 0.25) is 6.41 Å². The van der Waals surface area contributed by atoms with Crippen LogP contribution in [0.4, 0.5) is 5.69 Å². The fourth-order valence-corrected chi connectivity index (χ4v) is 1.79. The van der Waals surface area contributed by atoms with Crippen molar-refractivity contribution in [1.29, 1.82) is 0 Å². The van der Waals surface area contributed by atoms with Gasteiger partial charge in [0.1, 0.15) is 0 Å². The number of unbranched alkanes of at least 4 members (excludes halogenated alkanes) is 5. The lowest BCUT2D eigenvalue weighted by Gasteiger charge is -2.16. The standard InChI is InChI=1S/C15H23NO2/c1-2-3-4-5-6-10-13-18-16(14-17)15-11-8-7-9-12-15/h7-9,11-12,14H,2-6,10,13H2,1H3. The van der Waals surface area contributed by atoms with Gasteiger partial charge in [0.15, 0.2) is 0 Å². The van der Waals surface area contributed by atoms with E-state index in [2.05, 4.69) is 6.92 Å². The molecule has 0 aliphatic rings. The summed E-state index contributed by atoms with van der Waals surface area (Å²) in [5.74, 6) is 0. The van der Waals surface area contributed by atoms with Gasteiger partial charge in [-0.05, 0) is 18.6 Å². The third-order valence-corrected chi connectivity index (χ3v) is 2.83. The van der Waals surface area contributed by atoms with E-state index in [-0.39, 0.29) is 0 Å². The molecule has 0 saturated carbocycles. The largest absolute Gasteiger partial charge is 0.276 e. The first-order valence-electron chi connectivity index (χ1n) is 6.81. The van der Waals surface area contributed by atoms with Crippen LogP contribution in [0, 0.1) is 0 Å². The van der Waals surface area contributed by atoms with Crippen LogP contribution >= 0.6 is 0 Å². The van der Waals surface area contributed by atoms with Crippen molar-refractivity contribution in [3.05, 3.63) is 30.3 Å². The van der Waals surface area contributed by atoms with E-state index in [1.54, 1.807) is 0 Å². The van der Waals surface area contributed by atoms with Crippen molar-refractivity contribution in [2.75, 3.05) is 11.7 Å². The quantitative estimate of drug-likeness (QED) is 0.357. The van der Waals surface area contributed by atoms with Gasteiger partial charge in [-0.2, -0.15) is 5.06 Å². The van der Waals surface area contributed by atoms with E-state index in [4.69, 9.17) is 4.84 Å². The van der Waals surface area contributed by atoms with Crippen LogP contribution in [0.2, 0.25) is 0 Å². The van der Waals surface area contributed by atoms with Crippen molar-refractivity contribution in [3.63, 3.8) is 0 Å². The van der Waals surface area contributed by atoms with Gasteiger partial charge in [0, 0.05) is 0 Å². The summed E-state index contributed by atoms with van der Waals surface area (Å²) >= 11 is 0. The zero-order chi connectivity index (χ0) is 13.1. The lowest BCUT2D eigenvalue weighted by molar-refractivity contribution is -0.114. The highest BCUT2D eigenvalue weighted by molar-refractivity contribution is 5.71. The van der Waals surface area contributed by atoms with Crippen LogP contribution in [0.15, 0.2) is 30.3 Å². The third-order valence-electron chi connectivity index (χ3n) is 2.83. The predicted molar refractivity (Wildman–Crippen MR) is 74.3 cm³/mol. The maximum Gasteiger partial charge on any atom is 0.238 e. The Labute approximate surface area is 110 Å². The van der Waals surface area contributed by atoms with E-state index in [0.29, 0.717) is 13.0 Å². The molecular weight excluding hydrogens is 226 g/mol. The van der Waals surface area contributed by atoms with Crippen LogP contribution in [-0.2, 0) is 9.63 Å². The van der Waals surface area contributed by atoms with Crippen molar-refractivity contribution in [2.45, 2.75) is 45.4 Å². The van der Waals surface area contributed by atoms with Crippen molar-refractivity contribution in [2.24, 2.45) is 0 Å². The summed E-state index contributed by atoms with van der Waals surface area (Å²) < 4.78 is 0. The van der Waals surface area contributed by atoms with Gasteiger partial charge in [0.25, 0.3) is 0 Å². The SMILES string of the molecule is CCCCCCCCON(C=O)c1ccccc1. The van der Waals surface area contributed by atoms with Crippen LogP contribution in [0.5, 0.6) is 0 Å². The predicted octanol–water partition coefficient (Wildman–Crippen LogP) is 3.94. The summed E-state index contributed by atoms with van der Waals surface area (Å²) in [7, 11) is 0. The number of hydroxylamine groups is 1. The zero-order valence-electron chi connectivity index (χ0n) is 11.2. The Kier molecular flexibility index (Phi) is 7.89. The molecule has 18 heavy (non-hydrogen) atoms. The Morgan fingerprint density at radius 1 is 1.06 bits per heavy atom. The Morgan fingerprint density at radius 2 is 1.72 bits per heavy atom. The van der Waals surface area contributed by atoms with Crippen molar-refractivity contribution < 1.29 is 9.63 Å². The Balaban J connectivity index is 2.15. The maximum atomic E-state index is 10.9. The molecule has 1 aromatic carbocycles. The van der Waals surface area contributed by atoms with Gasteiger partial charge in [-0.1, -0.05) is 57.2 Å². The van der Waals surface area contributed by atoms with E-state index in [1.807, 2.05) is 30.3 Å². The van der Waals surface area contributed by atoms with Crippen LogP contribution in [0.3, 0.4) is 0 Å². The molecule has 0 N–H and O–H groups in total. The lowest BCUT2D eigenvalue weighted by atomic mass is 10.1. The van der Waals surface area contributed by atoms with Gasteiger partial charge in [-0.15, -0.1) is 0 Å². The number of rotatable bonds is 10. The first-order chi connectivity index (χ1) is 8.88. The third kappa shape index (κ3) is 5.82. The van der Waals surface area contributed by atoms with Crippen molar-refractivity contribution in [3.8, 4) is 0 Å². The number of hydrogen-bond donors (Lipinski definition) is 0. The number of amides is 1. The normalized spacial score (nSPS) is 10.3. The Hall–Kier alpha value is -1.35. The molecule has 100 valence electrons. The minimum absolute atomic E-state index is 0.597. The van der Waals surface area contributed by atoms with Gasteiger partial charge in [-0.3, -0.25) is 9.63 Å². The summed E-state index contributed by atoms with van der Waals surface area (Å²) in [5.41, 5.74) is 0.776. The van der Waals surface area contributed by atoms with E-state index in [0.717, 1.165) is 12.1 Å². The molecule has 0 bridgehead atoms. The van der Waals surface area contributed by atoms with Crippen LogP contribution in [-0.4, -0.2) is 13.0 Å². The highest BCUT2D eigenvalue weighted by Gasteiger charge is 2.04. The maximum absolute atomic E-state index is 10.9. The number of hydrogen-bond acceptors (Lipinski definition) is 2. The van der Waals surface area contributed by atoms with Gasteiger partial charge < -0.3 is 0 Å². The molecule has 0 saturated heterocycles. The molecule has 3 nitrogen and oxygen atoms in total. The molecule has 0 unspecified atom stereocenters. The first-order valence-corrected chi connectivity index (χ1v) is 6.81. The van der Waals surface area contributed by atoms with Gasteiger partial charge in [-0.25, -0.2) is 0 Å². The van der Waals surface area contributed by atoms with E-state index in [9.17, 15) is 4.79 Å². The molecule has 3 heteroatoms. The highest BCUT2D eigenvalue weighted by atomic mass is 16.7. The second kappa shape index (κ2) is 9.66. The fraction of sp³-hybridized carbons (Fsp3) is 0.533. The molecule has 1 amide bonds. The molecule has 0 aromatic heterocycles. The average molecular weight is 249 g/mol. The molecule has 0 radical (unpaired) electrons.